The number of hydrogen-bond donors (Lipinski definition) is 1. The van der Waals surface area contributed by atoms with Gasteiger partial charge in [0.1, 0.15) is 29.8 Å². The molecule has 0 saturated heterocycles. The number of ether oxygens (including phenoxy) is 1. The number of halogens is 3. The predicted octanol–water partition coefficient (Wildman–Crippen LogP) is 6.26. The van der Waals surface area contributed by atoms with Gasteiger partial charge in [-0.25, -0.2) is 4.39 Å². The van der Waals surface area contributed by atoms with Crippen molar-refractivity contribution in [3.63, 3.8) is 0 Å². The third-order valence-corrected chi connectivity index (χ3v) is 4.74. The Balaban J connectivity index is 1.71. The van der Waals surface area contributed by atoms with Crippen LogP contribution in [0.2, 0.25) is 10.0 Å². The molecule has 0 unspecified atom stereocenters. The zero-order valence-electron chi connectivity index (χ0n) is 15.5. The van der Waals surface area contributed by atoms with Crippen LogP contribution in [0, 0.1) is 17.1 Å². The molecule has 0 heterocycles. The fraction of sp³-hybridized carbons (Fsp3) is 0.0435. The van der Waals surface area contributed by atoms with E-state index in [2.05, 4.69) is 5.32 Å². The molecule has 150 valence electrons. The van der Waals surface area contributed by atoms with E-state index in [0.29, 0.717) is 27.0 Å². The third kappa shape index (κ3) is 5.60. The van der Waals surface area contributed by atoms with Crippen LogP contribution in [0.3, 0.4) is 0 Å². The molecule has 0 spiro atoms. The molecule has 3 aromatic rings. The Morgan fingerprint density at radius 1 is 1.07 bits per heavy atom. The summed E-state index contributed by atoms with van der Waals surface area (Å²) in [5, 5.41) is 12.8. The highest BCUT2D eigenvalue weighted by atomic mass is 35.5. The maximum absolute atomic E-state index is 13.0. The van der Waals surface area contributed by atoms with Gasteiger partial charge in [-0.05, 0) is 54.1 Å². The van der Waals surface area contributed by atoms with Gasteiger partial charge in [-0.1, -0.05) is 47.5 Å². The van der Waals surface area contributed by atoms with Crippen LogP contribution in [0.15, 0.2) is 72.3 Å². The summed E-state index contributed by atoms with van der Waals surface area (Å²) in [6, 6.07) is 19.3. The van der Waals surface area contributed by atoms with E-state index in [1.165, 1.54) is 30.3 Å². The molecule has 3 aromatic carbocycles. The summed E-state index contributed by atoms with van der Waals surface area (Å²) in [4.78, 5) is 12.3. The summed E-state index contributed by atoms with van der Waals surface area (Å²) >= 11 is 12.4. The molecule has 4 nitrogen and oxygen atoms in total. The lowest BCUT2D eigenvalue weighted by molar-refractivity contribution is -0.112. The first-order valence-corrected chi connectivity index (χ1v) is 9.56. The fourth-order valence-corrected chi connectivity index (χ4v) is 2.98. The Kier molecular flexibility index (Phi) is 7.08. The summed E-state index contributed by atoms with van der Waals surface area (Å²) < 4.78 is 18.7. The van der Waals surface area contributed by atoms with Gasteiger partial charge < -0.3 is 10.1 Å². The summed E-state index contributed by atoms with van der Waals surface area (Å²) in [5.74, 6) is -0.585. The molecule has 0 bridgehead atoms. The molecule has 1 amide bonds. The smallest absolute Gasteiger partial charge is 0.266 e. The Hall–Kier alpha value is -3.33. The summed E-state index contributed by atoms with van der Waals surface area (Å²) in [7, 11) is 0. The highest BCUT2D eigenvalue weighted by molar-refractivity contribution is 6.32. The average molecular weight is 441 g/mol. The van der Waals surface area contributed by atoms with E-state index in [4.69, 9.17) is 27.9 Å². The van der Waals surface area contributed by atoms with Gasteiger partial charge in [0.25, 0.3) is 5.91 Å². The average Bonchev–Trinajstić information content (AvgIpc) is 2.74. The second-order valence-corrected chi connectivity index (χ2v) is 7.02. The van der Waals surface area contributed by atoms with Crippen LogP contribution in [0.25, 0.3) is 6.08 Å². The predicted molar refractivity (Wildman–Crippen MR) is 116 cm³/mol. The normalized spacial score (nSPS) is 10.9. The molecule has 0 atom stereocenters. The van der Waals surface area contributed by atoms with Crippen molar-refractivity contribution in [2.45, 2.75) is 6.61 Å². The van der Waals surface area contributed by atoms with Crippen molar-refractivity contribution in [1.29, 1.82) is 5.26 Å². The van der Waals surface area contributed by atoms with Crippen molar-refractivity contribution in [2.24, 2.45) is 0 Å². The number of amides is 1. The van der Waals surface area contributed by atoms with E-state index in [1.54, 1.807) is 24.3 Å². The van der Waals surface area contributed by atoms with Crippen LogP contribution in [0.5, 0.6) is 5.75 Å². The first-order chi connectivity index (χ1) is 14.5. The molecule has 0 saturated carbocycles. The summed E-state index contributed by atoms with van der Waals surface area (Å²) in [5.41, 5.74) is 1.63. The molecule has 0 aliphatic carbocycles. The quantitative estimate of drug-likeness (QED) is 0.363. The molecule has 0 aromatic heterocycles. The minimum Gasteiger partial charge on any atom is -0.487 e. The molecule has 3 rings (SSSR count). The Morgan fingerprint density at radius 3 is 2.47 bits per heavy atom. The fourth-order valence-electron chi connectivity index (χ4n) is 2.54. The zero-order chi connectivity index (χ0) is 21.5. The van der Waals surface area contributed by atoms with Crippen LogP contribution >= 0.6 is 23.2 Å². The summed E-state index contributed by atoms with van der Waals surface area (Å²) in [6.45, 7) is 0.248. The number of nitriles is 1. The van der Waals surface area contributed by atoms with Crippen molar-refractivity contribution < 1.29 is 13.9 Å². The molecular formula is C23H15Cl2FN2O2. The topological polar surface area (TPSA) is 62.1 Å². The lowest BCUT2D eigenvalue weighted by atomic mass is 10.1. The molecule has 7 heteroatoms. The van der Waals surface area contributed by atoms with Gasteiger partial charge in [0.15, 0.2) is 0 Å². The Morgan fingerprint density at radius 2 is 1.80 bits per heavy atom. The van der Waals surface area contributed by atoms with Gasteiger partial charge in [0.05, 0.1) is 5.02 Å². The van der Waals surface area contributed by atoms with E-state index >= 15 is 0 Å². The monoisotopic (exact) mass is 440 g/mol. The maximum atomic E-state index is 13.0. The van der Waals surface area contributed by atoms with Crippen molar-refractivity contribution in [2.75, 3.05) is 5.32 Å². The number of anilines is 1. The van der Waals surface area contributed by atoms with Crippen LogP contribution in [-0.2, 0) is 11.4 Å². The van der Waals surface area contributed by atoms with E-state index in [-0.39, 0.29) is 12.2 Å². The number of nitrogens with one attached hydrogen (secondary N) is 1. The number of benzene rings is 3. The van der Waals surface area contributed by atoms with Crippen LogP contribution in [0.4, 0.5) is 10.1 Å². The van der Waals surface area contributed by atoms with E-state index in [9.17, 15) is 14.4 Å². The van der Waals surface area contributed by atoms with Crippen molar-refractivity contribution in [3.8, 4) is 11.8 Å². The molecule has 30 heavy (non-hydrogen) atoms. The lowest BCUT2D eigenvalue weighted by Crippen LogP contribution is -2.13. The van der Waals surface area contributed by atoms with Crippen LogP contribution < -0.4 is 10.1 Å². The second-order valence-electron chi connectivity index (χ2n) is 6.20. The summed E-state index contributed by atoms with van der Waals surface area (Å²) in [6.07, 6.45) is 1.41. The maximum Gasteiger partial charge on any atom is 0.266 e. The van der Waals surface area contributed by atoms with Gasteiger partial charge in [0, 0.05) is 16.3 Å². The molecular weight excluding hydrogens is 426 g/mol. The third-order valence-electron chi connectivity index (χ3n) is 4.08. The van der Waals surface area contributed by atoms with E-state index in [1.807, 2.05) is 24.3 Å². The molecule has 0 aliphatic heterocycles. The number of rotatable bonds is 6. The standard InChI is InChI=1S/C23H15Cl2FN2O2/c24-20-4-2-1-3-16(20)14-30-22-10-5-15(12-21(22)25)11-17(13-27)23(29)28-19-8-6-18(26)7-9-19/h1-12H,14H2,(H,28,29)/b17-11-. The first-order valence-electron chi connectivity index (χ1n) is 8.81. The Bertz CT molecular complexity index is 1140. The minimum atomic E-state index is -0.612. The van der Waals surface area contributed by atoms with Gasteiger partial charge in [0.2, 0.25) is 0 Å². The van der Waals surface area contributed by atoms with E-state index in [0.717, 1.165) is 5.56 Å². The van der Waals surface area contributed by atoms with E-state index < -0.39 is 11.7 Å². The Labute approximate surface area is 183 Å². The number of carbonyl (C=O) groups excluding carboxylic acids is 1. The van der Waals surface area contributed by atoms with Gasteiger partial charge in [-0.3, -0.25) is 4.79 Å². The molecule has 0 aliphatic rings. The van der Waals surface area contributed by atoms with Crippen molar-refractivity contribution >= 4 is 40.9 Å². The van der Waals surface area contributed by atoms with Crippen molar-refractivity contribution in [3.05, 3.63) is 99.3 Å². The van der Waals surface area contributed by atoms with Crippen LogP contribution in [-0.4, -0.2) is 5.91 Å². The van der Waals surface area contributed by atoms with Crippen LogP contribution in [0.1, 0.15) is 11.1 Å². The first kappa shape index (κ1) is 21.4. The molecule has 0 fully saturated rings. The zero-order valence-corrected chi connectivity index (χ0v) is 17.0. The second kappa shape index (κ2) is 9.93. The minimum absolute atomic E-state index is 0.125. The largest absolute Gasteiger partial charge is 0.487 e. The molecule has 0 radical (unpaired) electrons. The van der Waals surface area contributed by atoms with Gasteiger partial charge >= 0.3 is 0 Å². The van der Waals surface area contributed by atoms with Gasteiger partial charge in [-0.15, -0.1) is 0 Å². The molecule has 1 N–H and O–H groups in total. The highest BCUT2D eigenvalue weighted by Crippen LogP contribution is 2.28. The number of nitrogens with zero attached hydrogens (tertiary/aromatic N) is 1. The number of carbonyl (C=O) groups is 1. The number of hydrogen-bond acceptors (Lipinski definition) is 3. The lowest BCUT2D eigenvalue weighted by Gasteiger charge is -2.10. The van der Waals surface area contributed by atoms with Gasteiger partial charge in [-0.2, -0.15) is 5.26 Å². The SMILES string of the molecule is N#C/C(=C/c1ccc(OCc2ccccc2Cl)c(Cl)c1)C(=O)Nc1ccc(F)cc1. The highest BCUT2D eigenvalue weighted by Gasteiger charge is 2.11. The van der Waals surface area contributed by atoms with Crippen molar-refractivity contribution in [1.82, 2.24) is 0 Å².